The Morgan fingerprint density at radius 1 is 1.25 bits per heavy atom. The Morgan fingerprint density at radius 3 is 2.70 bits per heavy atom. The van der Waals surface area contributed by atoms with Crippen molar-refractivity contribution in [2.24, 2.45) is 13.0 Å². The zero-order valence-corrected chi connectivity index (χ0v) is 13.2. The molecule has 3 heteroatoms. The van der Waals surface area contributed by atoms with Gasteiger partial charge in [0.05, 0.1) is 11.0 Å². The van der Waals surface area contributed by atoms with Gasteiger partial charge in [-0.3, -0.25) is 0 Å². The van der Waals surface area contributed by atoms with Crippen LogP contribution in [0.1, 0.15) is 39.4 Å². The van der Waals surface area contributed by atoms with Crippen LogP contribution in [0.3, 0.4) is 0 Å². The summed E-state index contributed by atoms with van der Waals surface area (Å²) in [6.45, 7) is 7.92. The van der Waals surface area contributed by atoms with Gasteiger partial charge in [-0.05, 0) is 44.4 Å². The molecule has 0 spiro atoms. The van der Waals surface area contributed by atoms with E-state index in [1.807, 2.05) is 0 Å². The molecule has 0 fully saturated rings. The van der Waals surface area contributed by atoms with E-state index in [1.165, 1.54) is 24.2 Å². The maximum Gasteiger partial charge on any atom is 0.109 e. The molecule has 1 N–H and O–H groups in total. The monoisotopic (exact) mass is 273 g/mol. The Hall–Kier alpha value is -1.35. The van der Waals surface area contributed by atoms with Gasteiger partial charge in [-0.15, -0.1) is 0 Å². The highest BCUT2D eigenvalue weighted by Crippen LogP contribution is 2.18. The molecule has 0 aliphatic carbocycles. The first-order valence-electron chi connectivity index (χ1n) is 7.75. The molecule has 0 aliphatic heterocycles. The third-order valence-corrected chi connectivity index (χ3v) is 3.91. The Kier molecular flexibility index (Phi) is 5.18. The molecule has 2 rings (SSSR count). The molecule has 0 bridgehead atoms. The van der Waals surface area contributed by atoms with Gasteiger partial charge in [0.15, 0.2) is 0 Å². The van der Waals surface area contributed by atoms with E-state index in [2.05, 4.69) is 62.0 Å². The summed E-state index contributed by atoms with van der Waals surface area (Å²) in [5, 5.41) is 3.56. The van der Waals surface area contributed by atoms with Crippen LogP contribution in [0.5, 0.6) is 0 Å². The largest absolute Gasteiger partial charge is 0.331 e. The van der Waals surface area contributed by atoms with E-state index in [9.17, 15) is 0 Å². The highest BCUT2D eigenvalue weighted by molar-refractivity contribution is 5.75. The van der Waals surface area contributed by atoms with Crippen molar-refractivity contribution in [3.63, 3.8) is 0 Å². The number of nitrogens with one attached hydrogen (secondary N) is 1. The maximum atomic E-state index is 4.76. The van der Waals surface area contributed by atoms with Crippen LogP contribution in [0.15, 0.2) is 24.3 Å². The molecular formula is C17H27N3. The number of benzene rings is 1. The summed E-state index contributed by atoms with van der Waals surface area (Å²) < 4.78 is 2.23. The van der Waals surface area contributed by atoms with E-state index >= 15 is 0 Å². The highest BCUT2D eigenvalue weighted by atomic mass is 15.1. The topological polar surface area (TPSA) is 29.9 Å². The molecule has 20 heavy (non-hydrogen) atoms. The van der Waals surface area contributed by atoms with E-state index in [0.717, 1.165) is 18.5 Å². The minimum atomic E-state index is 0.583. The summed E-state index contributed by atoms with van der Waals surface area (Å²) in [7, 11) is 2.12. The van der Waals surface area contributed by atoms with Crippen molar-refractivity contribution < 1.29 is 0 Å². The van der Waals surface area contributed by atoms with Gasteiger partial charge in [-0.2, -0.15) is 0 Å². The Balaban J connectivity index is 1.99. The normalized spacial score (nSPS) is 14.6. The van der Waals surface area contributed by atoms with Crippen molar-refractivity contribution in [3.05, 3.63) is 30.1 Å². The molecule has 1 aromatic carbocycles. The minimum Gasteiger partial charge on any atom is -0.331 e. The number of fused-ring (bicyclic) bond motifs is 1. The summed E-state index contributed by atoms with van der Waals surface area (Å²) >= 11 is 0. The van der Waals surface area contributed by atoms with Crippen molar-refractivity contribution in [1.29, 1.82) is 0 Å². The Labute approximate surface area is 122 Å². The number of hydrogen-bond acceptors (Lipinski definition) is 2. The van der Waals surface area contributed by atoms with Gasteiger partial charge in [-0.1, -0.05) is 26.0 Å². The first kappa shape index (κ1) is 15.0. The van der Waals surface area contributed by atoms with Crippen molar-refractivity contribution in [1.82, 2.24) is 14.9 Å². The predicted molar refractivity (Wildman–Crippen MR) is 86.0 cm³/mol. The molecule has 1 heterocycles. The van der Waals surface area contributed by atoms with Crippen LogP contribution in [-0.2, 0) is 13.5 Å². The second-order valence-corrected chi connectivity index (χ2v) is 5.98. The molecule has 0 radical (unpaired) electrons. The van der Waals surface area contributed by atoms with Gasteiger partial charge >= 0.3 is 0 Å². The Bertz CT molecular complexity index is 544. The average Bonchev–Trinajstić information content (AvgIpc) is 2.73. The summed E-state index contributed by atoms with van der Waals surface area (Å²) in [6.07, 6.45) is 3.44. The second-order valence-electron chi connectivity index (χ2n) is 5.98. The molecule has 2 unspecified atom stereocenters. The third-order valence-electron chi connectivity index (χ3n) is 3.91. The van der Waals surface area contributed by atoms with Crippen LogP contribution in [0, 0.1) is 5.92 Å². The molecule has 110 valence electrons. The van der Waals surface area contributed by atoms with E-state index in [-0.39, 0.29) is 0 Å². The average molecular weight is 273 g/mol. The Morgan fingerprint density at radius 2 is 2.00 bits per heavy atom. The van der Waals surface area contributed by atoms with E-state index in [4.69, 9.17) is 4.98 Å². The number of hydrogen-bond donors (Lipinski definition) is 1. The number of imidazole rings is 1. The summed E-state index contributed by atoms with van der Waals surface area (Å²) in [5.74, 6) is 1.84. The molecule has 2 aromatic rings. The van der Waals surface area contributed by atoms with Crippen LogP contribution >= 0.6 is 0 Å². The number of rotatable bonds is 7. The molecule has 0 saturated carbocycles. The lowest BCUT2D eigenvalue weighted by Crippen LogP contribution is -2.29. The summed E-state index contributed by atoms with van der Waals surface area (Å²) in [4.78, 5) is 4.76. The zero-order chi connectivity index (χ0) is 14.5. The van der Waals surface area contributed by atoms with Gasteiger partial charge < -0.3 is 9.88 Å². The summed E-state index contributed by atoms with van der Waals surface area (Å²) in [6, 6.07) is 8.95. The molecule has 2 atom stereocenters. The van der Waals surface area contributed by atoms with E-state index in [0.29, 0.717) is 12.0 Å². The van der Waals surface area contributed by atoms with Gasteiger partial charge in [-0.25, -0.2) is 4.98 Å². The van der Waals surface area contributed by atoms with Crippen LogP contribution < -0.4 is 5.32 Å². The molecule has 0 amide bonds. The number of aromatic nitrogens is 2. The SMILES string of the molecule is CCCNC(C)CC(C)Cc1nc2ccccc2n1C. The quantitative estimate of drug-likeness (QED) is 0.836. The minimum absolute atomic E-state index is 0.583. The lowest BCUT2D eigenvalue weighted by molar-refractivity contribution is 0.412. The second kappa shape index (κ2) is 6.89. The van der Waals surface area contributed by atoms with Crippen LogP contribution in [0.2, 0.25) is 0 Å². The smallest absolute Gasteiger partial charge is 0.109 e. The molecule has 1 aromatic heterocycles. The molecule has 3 nitrogen and oxygen atoms in total. The van der Waals surface area contributed by atoms with Crippen LogP contribution in [-0.4, -0.2) is 22.1 Å². The van der Waals surface area contributed by atoms with Crippen molar-refractivity contribution in [2.45, 2.75) is 46.1 Å². The standard InChI is InChI=1S/C17H27N3/c1-5-10-18-14(3)11-13(2)12-17-19-15-8-6-7-9-16(15)20(17)4/h6-9,13-14,18H,5,10-12H2,1-4H3. The predicted octanol–water partition coefficient (Wildman–Crippen LogP) is 3.53. The summed E-state index contributed by atoms with van der Waals surface area (Å²) in [5.41, 5.74) is 2.33. The van der Waals surface area contributed by atoms with Gasteiger partial charge in [0.1, 0.15) is 5.82 Å². The van der Waals surface area contributed by atoms with E-state index < -0.39 is 0 Å². The highest BCUT2D eigenvalue weighted by Gasteiger charge is 2.13. The third kappa shape index (κ3) is 3.60. The van der Waals surface area contributed by atoms with Crippen LogP contribution in [0.4, 0.5) is 0 Å². The lowest BCUT2D eigenvalue weighted by atomic mass is 9.99. The van der Waals surface area contributed by atoms with Crippen molar-refractivity contribution >= 4 is 11.0 Å². The van der Waals surface area contributed by atoms with Crippen LogP contribution in [0.25, 0.3) is 11.0 Å². The number of para-hydroxylation sites is 2. The zero-order valence-electron chi connectivity index (χ0n) is 13.2. The fourth-order valence-electron chi connectivity index (χ4n) is 2.85. The fraction of sp³-hybridized carbons (Fsp3) is 0.588. The number of aryl methyl sites for hydroxylation is 1. The van der Waals surface area contributed by atoms with Gasteiger partial charge in [0, 0.05) is 19.5 Å². The van der Waals surface area contributed by atoms with Crippen molar-refractivity contribution in [2.75, 3.05) is 6.54 Å². The van der Waals surface area contributed by atoms with E-state index in [1.54, 1.807) is 0 Å². The lowest BCUT2D eigenvalue weighted by Gasteiger charge is -2.18. The fourth-order valence-corrected chi connectivity index (χ4v) is 2.85. The molecular weight excluding hydrogens is 246 g/mol. The van der Waals surface area contributed by atoms with Gasteiger partial charge in [0.25, 0.3) is 0 Å². The van der Waals surface area contributed by atoms with Gasteiger partial charge in [0.2, 0.25) is 0 Å². The molecule has 0 aliphatic rings. The first-order valence-corrected chi connectivity index (χ1v) is 7.75. The maximum absolute atomic E-state index is 4.76. The molecule has 0 saturated heterocycles. The van der Waals surface area contributed by atoms with Crippen molar-refractivity contribution in [3.8, 4) is 0 Å². The number of nitrogens with zero attached hydrogens (tertiary/aromatic N) is 2. The first-order chi connectivity index (χ1) is 9.61.